The highest BCUT2D eigenvalue weighted by atomic mass is 16.4. The summed E-state index contributed by atoms with van der Waals surface area (Å²) in [6.07, 6.45) is 2.17. The van der Waals surface area contributed by atoms with Gasteiger partial charge in [0.2, 0.25) is 0 Å². The molecule has 0 bridgehead atoms. The zero-order chi connectivity index (χ0) is 16.9. The van der Waals surface area contributed by atoms with E-state index in [9.17, 15) is 25.1 Å². The molecule has 0 spiro atoms. The first-order chi connectivity index (χ1) is 10.9. The van der Waals surface area contributed by atoms with Gasteiger partial charge in [-0.3, -0.25) is 9.69 Å². The van der Waals surface area contributed by atoms with Crippen LogP contribution in [0.5, 0.6) is 0 Å². The molecule has 118 valence electrons. The highest BCUT2D eigenvalue weighted by Crippen LogP contribution is 2.57. The molecule has 6 nitrogen and oxygen atoms in total. The maximum atomic E-state index is 12.2. The Hall–Kier alpha value is -2.81. The Balaban J connectivity index is 2.38. The standard InChI is InChI=1S/C17H16N2O4/c1-9-13(15(20)21)14-12-6-4-3-5-11(12)7-17(14,16(22)23)10(2)19(9)8-18/h3-6,10,14H,7H2,1-2H3,(H,20,21)(H,22,23). The van der Waals surface area contributed by atoms with Crippen molar-refractivity contribution in [2.45, 2.75) is 32.2 Å². The van der Waals surface area contributed by atoms with E-state index in [0.29, 0.717) is 5.70 Å². The van der Waals surface area contributed by atoms with Crippen LogP contribution < -0.4 is 0 Å². The zero-order valence-corrected chi connectivity index (χ0v) is 12.8. The van der Waals surface area contributed by atoms with Crippen LogP contribution in [0.1, 0.15) is 30.9 Å². The van der Waals surface area contributed by atoms with Gasteiger partial charge in [0.25, 0.3) is 0 Å². The van der Waals surface area contributed by atoms with E-state index in [1.165, 1.54) is 4.90 Å². The number of carboxylic acid groups (broad SMARTS) is 2. The number of aliphatic carboxylic acids is 2. The van der Waals surface area contributed by atoms with Crippen LogP contribution >= 0.6 is 0 Å². The summed E-state index contributed by atoms with van der Waals surface area (Å²) in [4.78, 5) is 25.3. The predicted molar refractivity (Wildman–Crippen MR) is 80.2 cm³/mol. The lowest BCUT2D eigenvalue weighted by Crippen LogP contribution is -2.55. The topological polar surface area (TPSA) is 102 Å². The van der Waals surface area contributed by atoms with Crippen LogP contribution in [0.2, 0.25) is 0 Å². The van der Waals surface area contributed by atoms with E-state index in [1.54, 1.807) is 26.0 Å². The lowest BCUT2D eigenvalue weighted by molar-refractivity contribution is -0.154. The van der Waals surface area contributed by atoms with Gasteiger partial charge in [-0.15, -0.1) is 0 Å². The average molecular weight is 312 g/mol. The number of rotatable bonds is 2. The van der Waals surface area contributed by atoms with Gasteiger partial charge >= 0.3 is 11.9 Å². The largest absolute Gasteiger partial charge is 0.481 e. The molecule has 2 N–H and O–H groups in total. The van der Waals surface area contributed by atoms with Crippen LogP contribution in [0.3, 0.4) is 0 Å². The van der Waals surface area contributed by atoms with E-state index < -0.39 is 29.3 Å². The molecule has 6 heteroatoms. The molecule has 3 atom stereocenters. The minimum Gasteiger partial charge on any atom is -0.481 e. The maximum Gasteiger partial charge on any atom is 0.334 e. The molecule has 0 amide bonds. The molecule has 3 rings (SSSR count). The molecule has 1 heterocycles. The van der Waals surface area contributed by atoms with Crippen molar-refractivity contribution in [2.75, 3.05) is 0 Å². The van der Waals surface area contributed by atoms with Gasteiger partial charge in [0.1, 0.15) is 5.41 Å². The van der Waals surface area contributed by atoms with E-state index in [0.717, 1.165) is 11.1 Å². The van der Waals surface area contributed by atoms with Crippen LogP contribution in [-0.4, -0.2) is 33.1 Å². The lowest BCUT2D eigenvalue weighted by atomic mass is 9.64. The fourth-order valence-electron chi connectivity index (χ4n) is 4.15. The number of nitrogens with zero attached hydrogens (tertiary/aromatic N) is 2. The summed E-state index contributed by atoms with van der Waals surface area (Å²) >= 11 is 0. The molecule has 23 heavy (non-hydrogen) atoms. The van der Waals surface area contributed by atoms with Gasteiger partial charge < -0.3 is 10.2 Å². The van der Waals surface area contributed by atoms with Crippen LogP contribution in [0, 0.1) is 16.9 Å². The van der Waals surface area contributed by atoms with Gasteiger partial charge in [-0.2, -0.15) is 5.26 Å². The first-order valence-electron chi connectivity index (χ1n) is 7.30. The summed E-state index contributed by atoms with van der Waals surface area (Å²) < 4.78 is 0. The molecule has 1 aromatic rings. The number of fused-ring (bicyclic) bond motifs is 3. The van der Waals surface area contributed by atoms with Crippen molar-refractivity contribution in [1.29, 1.82) is 5.26 Å². The van der Waals surface area contributed by atoms with E-state index >= 15 is 0 Å². The summed E-state index contributed by atoms with van der Waals surface area (Å²) in [7, 11) is 0. The second kappa shape index (κ2) is 4.85. The fourth-order valence-corrected chi connectivity index (χ4v) is 4.15. The van der Waals surface area contributed by atoms with Crippen molar-refractivity contribution in [2.24, 2.45) is 5.41 Å². The van der Waals surface area contributed by atoms with E-state index in [4.69, 9.17) is 0 Å². The third-order valence-corrected chi connectivity index (χ3v) is 5.27. The van der Waals surface area contributed by atoms with Crippen LogP contribution in [-0.2, 0) is 16.0 Å². The number of hydrogen-bond acceptors (Lipinski definition) is 4. The Kier molecular flexibility index (Phi) is 3.18. The average Bonchev–Trinajstić information content (AvgIpc) is 2.84. The summed E-state index contributed by atoms with van der Waals surface area (Å²) in [6.45, 7) is 3.24. The van der Waals surface area contributed by atoms with Crippen molar-refractivity contribution >= 4 is 11.9 Å². The molecule has 1 aromatic carbocycles. The highest BCUT2D eigenvalue weighted by Gasteiger charge is 2.62. The van der Waals surface area contributed by atoms with Gasteiger partial charge in [-0.05, 0) is 31.4 Å². The molecule has 3 unspecified atom stereocenters. The van der Waals surface area contributed by atoms with Crippen molar-refractivity contribution in [1.82, 2.24) is 4.90 Å². The first kappa shape index (κ1) is 15.1. The molecular formula is C17H16N2O4. The molecule has 0 saturated carbocycles. The first-order valence-corrected chi connectivity index (χ1v) is 7.30. The number of allylic oxidation sites excluding steroid dienone is 1. The van der Waals surface area contributed by atoms with E-state index in [-0.39, 0.29) is 12.0 Å². The third-order valence-electron chi connectivity index (χ3n) is 5.27. The Morgan fingerprint density at radius 1 is 1.35 bits per heavy atom. The number of carbonyl (C=O) groups is 2. The van der Waals surface area contributed by atoms with Gasteiger partial charge in [0.05, 0.1) is 11.6 Å². The van der Waals surface area contributed by atoms with Gasteiger partial charge in [-0.1, -0.05) is 24.3 Å². The number of nitriles is 1. The normalized spacial score (nSPS) is 28.8. The van der Waals surface area contributed by atoms with Crippen LogP contribution in [0.15, 0.2) is 35.5 Å². The zero-order valence-electron chi connectivity index (χ0n) is 12.8. The molecule has 1 aliphatic heterocycles. The third kappa shape index (κ3) is 1.73. The smallest absolute Gasteiger partial charge is 0.334 e. The number of benzene rings is 1. The molecule has 0 radical (unpaired) electrons. The predicted octanol–water partition coefficient (Wildman–Crippen LogP) is 1.94. The Labute approximate surface area is 133 Å². The van der Waals surface area contributed by atoms with E-state index in [2.05, 4.69) is 0 Å². The van der Waals surface area contributed by atoms with Crippen molar-refractivity contribution in [3.63, 3.8) is 0 Å². The van der Waals surface area contributed by atoms with Crippen LogP contribution in [0.4, 0.5) is 0 Å². The molecule has 2 aliphatic rings. The maximum absolute atomic E-state index is 12.2. The van der Waals surface area contributed by atoms with Crippen molar-refractivity contribution in [3.05, 3.63) is 46.7 Å². The van der Waals surface area contributed by atoms with E-state index in [1.807, 2.05) is 18.3 Å². The minimum atomic E-state index is -1.35. The molecule has 0 aromatic heterocycles. The lowest BCUT2D eigenvalue weighted by Gasteiger charge is -2.46. The van der Waals surface area contributed by atoms with Crippen molar-refractivity contribution < 1.29 is 19.8 Å². The summed E-state index contributed by atoms with van der Waals surface area (Å²) in [5.74, 6) is -3.01. The molecule has 1 aliphatic carbocycles. The second-order valence-corrected chi connectivity index (χ2v) is 6.10. The summed E-state index contributed by atoms with van der Waals surface area (Å²) in [5.41, 5.74) is 0.518. The van der Waals surface area contributed by atoms with Gasteiger partial charge in [-0.25, -0.2) is 4.79 Å². The highest BCUT2D eigenvalue weighted by molar-refractivity contribution is 5.94. The molecular weight excluding hydrogens is 296 g/mol. The monoisotopic (exact) mass is 312 g/mol. The van der Waals surface area contributed by atoms with Crippen molar-refractivity contribution in [3.8, 4) is 6.19 Å². The Bertz CT molecular complexity index is 792. The summed E-state index contributed by atoms with van der Waals surface area (Å²) in [5, 5.41) is 29.1. The Morgan fingerprint density at radius 3 is 2.57 bits per heavy atom. The SMILES string of the molecule is CC1=C(C(=O)O)C2c3ccccc3CC2(C(=O)O)C(C)N1C#N. The van der Waals surface area contributed by atoms with Gasteiger partial charge in [0.15, 0.2) is 6.19 Å². The number of carboxylic acids is 2. The molecule has 0 fully saturated rings. The minimum absolute atomic E-state index is 0.00278. The number of hydrogen-bond donors (Lipinski definition) is 2. The summed E-state index contributed by atoms with van der Waals surface area (Å²) in [6, 6.07) is 6.58. The Morgan fingerprint density at radius 2 is 2.00 bits per heavy atom. The van der Waals surface area contributed by atoms with Crippen LogP contribution in [0.25, 0.3) is 0 Å². The van der Waals surface area contributed by atoms with Gasteiger partial charge in [0, 0.05) is 11.6 Å². The quantitative estimate of drug-likeness (QED) is 0.809. The second-order valence-electron chi connectivity index (χ2n) is 6.10. The molecule has 0 saturated heterocycles. The fraction of sp³-hybridized carbons (Fsp3) is 0.353.